The van der Waals surface area contributed by atoms with Gasteiger partial charge in [0.15, 0.2) is 5.82 Å². The largest absolute Gasteiger partial charge is 0.352 e. The van der Waals surface area contributed by atoms with Gasteiger partial charge in [-0.3, -0.25) is 4.79 Å². The molecule has 1 atom stereocenters. The molecule has 0 aliphatic heterocycles. The second-order valence-corrected chi connectivity index (χ2v) is 6.25. The predicted molar refractivity (Wildman–Crippen MR) is 80.6 cm³/mol. The molecule has 0 bridgehead atoms. The Bertz CT molecular complexity index is 570. The fraction of sp³-hybridized carbons (Fsp3) is 0.467. The van der Waals surface area contributed by atoms with Crippen LogP contribution in [0.1, 0.15) is 38.6 Å². The van der Waals surface area contributed by atoms with Gasteiger partial charge in [0.05, 0.1) is 4.88 Å². The first-order valence-corrected chi connectivity index (χ1v) is 8.01. The van der Waals surface area contributed by atoms with E-state index >= 15 is 0 Å². The van der Waals surface area contributed by atoms with Gasteiger partial charge in [0.2, 0.25) is 5.91 Å². The van der Waals surface area contributed by atoms with Gasteiger partial charge in [-0.05, 0) is 31.2 Å². The van der Waals surface area contributed by atoms with E-state index in [0.29, 0.717) is 6.04 Å². The third-order valence-electron chi connectivity index (χ3n) is 3.91. The molecule has 4 nitrogen and oxygen atoms in total. The molecule has 0 radical (unpaired) electrons. The van der Waals surface area contributed by atoms with E-state index in [1.807, 2.05) is 35.2 Å². The maximum atomic E-state index is 12.4. The average molecular weight is 289 g/mol. The highest BCUT2D eigenvalue weighted by atomic mass is 32.1. The molecule has 106 valence electrons. The molecule has 2 aromatic heterocycles. The van der Waals surface area contributed by atoms with E-state index in [0.717, 1.165) is 23.5 Å². The van der Waals surface area contributed by atoms with Crippen molar-refractivity contribution in [2.45, 2.75) is 44.7 Å². The number of aromatic nitrogens is 2. The van der Waals surface area contributed by atoms with E-state index in [4.69, 9.17) is 0 Å². The molecule has 0 saturated heterocycles. The van der Waals surface area contributed by atoms with Crippen molar-refractivity contribution in [1.82, 2.24) is 14.9 Å². The lowest BCUT2D eigenvalue weighted by atomic mass is 10.2. The molecule has 2 heterocycles. The number of hydrogen-bond donors (Lipinski definition) is 1. The summed E-state index contributed by atoms with van der Waals surface area (Å²) in [6.07, 6.45) is 8.32. The molecule has 1 aliphatic rings. The van der Waals surface area contributed by atoms with Gasteiger partial charge >= 0.3 is 0 Å². The lowest BCUT2D eigenvalue weighted by Gasteiger charge is -2.19. The highest BCUT2D eigenvalue weighted by molar-refractivity contribution is 7.13. The number of nitrogens with one attached hydrogen (secondary N) is 1. The van der Waals surface area contributed by atoms with E-state index in [1.165, 1.54) is 12.8 Å². The van der Waals surface area contributed by atoms with Crippen LogP contribution in [0.4, 0.5) is 0 Å². The second kappa shape index (κ2) is 5.79. The summed E-state index contributed by atoms with van der Waals surface area (Å²) in [5.74, 6) is 0.960. The second-order valence-electron chi connectivity index (χ2n) is 5.30. The van der Waals surface area contributed by atoms with Crippen LogP contribution in [0.25, 0.3) is 10.7 Å². The molecule has 0 aromatic carbocycles. The zero-order chi connectivity index (χ0) is 13.9. The van der Waals surface area contributed by atoms with Crippen molar-refractivity contribution in [2.75, 3.05) is 0 Å². The predicted octanol–water partition coefficient (Wildman–Crippen LogP) is 3.23. The quantitative estimate of drug-likeness (QED) is 0.939. The molecule has 5 heteroatoms. The average Bonchev–Trinajstić information content (AvgIpc) is 3.18. The summed E-state index contributed by atoms with van der Waals surface area (Å²) in [5.41, 5.74) is 0. The molecule has 1 aliphatic carbocycles. The van der Waals surface area contributed by atoms with Gasteiger partial charge in [0.25, 0.3) is 0 Å². The molecular formula is C15H19N3OS. The van der Waals surface area contributed by atoms with E-state index in [2.05, 4.69) is 10.3 Å². The van der Waals surface area contributed by atoms with Crippen molar-refractivity contribution in [3.63, 3.8) is 0 Å². The summed E-state index contributed by atoms with van der Waals surface area (Å²) in [6, 6.07) is 4.17. The Balaban J connectivity index is 1.75. The van der Waals surface area contributed by atoms with Crippen molar-refractivity contribution >= 4 is 17.2 Å². The highest BCUT2D eigenvalue weighted by Gasteiger charge is 2.23. The SMILES string of the molecule is CC(C(=O)NC1CCCC1)n1ccnc1-c1cccs1. The monoisotopic (exact) mass is 289 g/mol. The lowest BCUT2D eigenvalue weighted by Crippen LogP contribution is -2.37. The Labute approximate surface area is 122 Å². The maximum absolute atomic E-state index is 12.4. The molecule has 1 fully saturated rings. The van der Waals surface area contributed by atoms with Gasteiger partial charge in [-0.1, -0.05) is 18.9 Å². The van der Waals surface area contributed by atoms with Crippen LogP contribution in [0.5, 0.6) is 0 Å². The molecule has 1 N–H and O–H groups in total. The first kappa shape index (κ1) is 13.4. The third-order valence-corrected chi connectivity index (χ3v) is 4.77. The van der Waals surface area contributed by atoms with Gasteiger partial charge in [-0.2, -0.15) is 0 Å². The zero-order valence-corrected chi connectivity index (χ0v) is 12.4. The first-order chi connectivity index (χ1) is 9.75. The van der Waals surface area contributed by atoms with Crippen LogP contribution in [0.15, 0.2) is 29.9 Å². The summed E-state index contributed by atoms with van der Waals surface area (Å²) >= 11 is 1.64. The summed E-state index contributed by atoms with van der Waals surface area (Å²) < 4.78 is 1.95. The smallest absolute Gasteiger partial charge is 0.243 e. The molecule has 2 aromatic rings. The normalized spacial score (nSPS) is 17.2. The van der Waals surface area contributed by atoms with Crippen LogP contribution in [0, 0.1) is 0 Å². The summed E-state index contributed by atoms with van der Waals surface area (Å²) in [6.45, 7) is 1.93. The molecule has 1 saturated carbocycles. The van der Waals surface area contributed by atoms with Crippen molar-refractivity contribution in [2.24, 2.45) is 0 Å². The Morgan fingerprint density at radius 2 is 2.30 bits per heavy atom. The number of amides is 1. The van der Waals surface area contributed by atoms with Crippen LogP contribution in [0.2, 0.25) is 0 Å². The van der Waals surface area contributed by atoms with E-state index in [-0.39, 0.29) is 11.9 Å². The number of thiophene rings is 1. The summed E-state index contributed by atoms with van der Waals surface area (Å²) in [4.78, 5) is 17.8. The van der Waals surface area contributed by atoms with Crippen LogP contribution in [0.3, 0.4) is 0 Å². The highest BCUT2D eigenvalue weighted by Crippen LogP contribution is 2.26. The van der Waals surface area contributed by atoms with Gasteiger partial charge < -0.3 is 9.88 Å². The minimum atomic E-state index is -0.227. The fourth-order valence-corrected chi connectivity index (χ4v) is 3.46. The Morgan fingerprint density at radius 1 is 1.50 bits per heavy atom. The van der Waals surface area contributed by atoms with Crippen LogP contribution < -0.4 is 5.32 Å². The standard InChI is InChI=1S/C15H19N3OS/c1-11(15(19)17-12-5-2-3-6-12)18-9-8-16-14(18)13-7-4-10-20-13/h4,7-12H,2-3,5-6H2,1H3,(H,17,19). The number of rotatable bonds is 4. The Kier molecular flexibility index (Phi) is 3.87. The Hall–Kier alpha value is -1.62. The first-order valence-electron chi connectivity index (χ1n) is 7.13. The van der Waals surface area contributed by atoms with Crippen molar-refractivity contribution in [1.29, 1.82) is 0 Å². The maximum Gasteiger partial charge on any atom is 0.243 e. The molecule has 1 amide bonds. The molecule has 3 rings (SSSR count). The van der Waals surface area contributed by atoms with Crippen LogP contribution in [-0.4, -0.2) is 21.5 Å². The van der Waals surface area contributed by atoms with Crippen molar-refractivity contribution in [3.05, 3.63) is 29.9 Å². The van der Waals surface area contributed by atoms with Crippen molar-refractivity contribution < 1.29 is 4.79 Å². The Morgan fingerprint density at radius 3 is 3.00 bits per heavy atom. The number of carbonyl (C=O) groups is 1. The summed E-state index contributed by atoms with van der Waals surface area (Å²) in [5, 5.41) is 5.18. The van der Waals surface area contributed by atoms with Crippen LogP contribution in [-0.2, 0) is 4.79 Å². The molecule has 20 heavy (non-hydrogen) atoms. The van der Waals surface area contributed by atoms with E-state index in [9.17, 15) is 4.79 Å². The number of carbonyl (C=O) groups excluding carboxylic acids is 1. The third kappa shape index (κ3) is 2.63. The molecular weight excluding hydrogens is 270 g/mol. The van der Waals surface area contributed by atoms with E-state index in [1.54, 1.807) is 17.5 Å². The number of imidazole rings is 1. The molecule has 1 unspecified atom stereocenters. The fourth-order valence-electron chi connectivity index (χ4n) is 2.74. The number of hydrogen-bond acceptors (Lipinski definition) is 3. The topological polar surface area (TPSA) is 46.9 Å². The van der Waals surface area contributed by atoms with Gasteiger partial charge in [0, 0.05) is 18.4 Å². The van der Waals surface area contributed by atoms with Crippen molar-refractivity contribution in [3.8, 4) is 10.7 Å². The number of nitrogens with zero attached hydrogens (tertiary/aromatic N) is 2. The van der Waals surface area contributed by atoms with Gasteiger partial charge in [0.1, 0.15) is 6.04 Å². The summed E-state index contributed by atoms with van der Waals surface area (Å²) in [7, 11) is 0. The van der Waals surface area contributed by atoms with Crippen LogP contribution >= 0.6 is 11.3 Å². The minimum absolute atomic E-state index is 0.0905. The zero-order valence-electron chi connectivity index (χ0n) is 11.6. The molecule has 0 spiro atoms. The van der Waals surface area contributed by atoms with Gasteiger partial charge in [-0.25, -0.2) is 4.98 Å². The van der Waals surface area contributed by atoms with Gasteiger partial charge in [-0.15, -0.1) is 11.3 Å². The minimum Gasteiger partial charge on any atom is -0.352 e. The lowest BCUT2D eigenvalue weighted by molar-refractivity contribution is -0.124. The van der Waals surface area contributed by atoms with E-state index < -0.39 is 0 Å².